The van der Waals surface area contributed by atoms with E-state index in [-0.39, 0.29) is 0 Å². The molecule has 3 fully saturated rings. The van der Waals surface area contributed by atoms with Gasteiger partial charge in [0.05, 0.1) is 0 Å². The third-order valence-corrected chi connectivity index (χ3v) is 10.3. The summed E-state index contributed by atoms with van der Waals surface area (Å²) in [6, 6.07) is 11.0. The van der Waals surface area contributed by atoms with Crippen molar-refractivity contribution in [2.45, 2.75) is 44.5 Å². The van der Waals surface area contributed by atoms with Crippen molar-refractivity contribution in [3.05, 3.63) is 30.3 Å². The average molecular weight is 308 g/mol. The molecule has 2 aliphatic carbocycles. The van der Waals surface area contributed by atoms with Crippen LogP contribution in [0.5, 0.6) is 0 Å². The molecule has 18 heavy (non-hydrogen) atoms. The first-order valence-electron chi connectivity index (χ1n) is 7.07. The Hall–Kier alpha value is -0.301. The molecule has 0 N–H and O–H groups in total. The van der Waals surface area contributed by atoms with Crippen LogP contribution in [0, 0.1) is 16.7 Å². The summed E-state index contributed by atoms with van der Waals surface area (Å²) in [4.78, 5) is 0. The van der Waals surface area contributed by atoms with Crippen LogP contribution < -0.4 is 4.46 Å². The van der Waals surface area contributed by atoms with Gasteiger partial charge in [-0.15, -0.1) is 0 Å². The summed E-state index contributed by atoms with van der Waals surface area (Å²) in [6.45, 7) is 5.02. The molecule has 1 aliphatic heterocycles. The van der Waals surface area contributed by atoms with Crippen molar-refractivity contribution in [2.75, 3.05) is 0 Å². The SMILES string of the molecule is CC1(C)[C@@H]2CC[C@]13C[Se+](c1ccccc1)O[C@@H]3C2. The first-order valence-corrected chi connectivity index (χ1v) is 9.83. The molecule has 1 aromatic carbocycles. The number of hydrogen-bond acceptors (Lipinski definition) is 1. The van der Waals surface area contributed by atoms with Crippen molar-refractivity contribution in [2.24, 2.45) is 16.7 Å². The summed E-state index contributed by atoms with van der Waals surface area (Å²) in [5, 5.41) is 1.37. The van der Waals surface area contributed by atoms with Gasteiger partial charge in [0, 0.05) is 0 Å². The van der Waals surface area contributed by atoms with E-state index in [9.17, 15) is 0 Å². The number of rotatable bonds is 1. The van der Waals surface area contributed by atoms with Gasteiger partial charge in [-0.2, -0.15) is 0 Å². The molecule has 1 spiro atoms. The third kappa shape index (κ3) is 1.27. The van der Waals surface area contributed by atoms with Crippen molar-refractivity contribution < 1.29 is 3.82 Å². The molecule has 4 atom stereocenters. The summed E-state index contributed by atoms with van der Waals surface area (Å²) >= 11 is -1.01. The minimum atomic E-state index is -1.01. The van der Waals surface area contributed by atoms with Gasteiger partial charge < -0.3 is 0 Å². The van der Waals surface area contributed by atoms with Crippen LogP contribution in [0.3, 0.4) is 0 Å². The van der Waals surface area contributed by atoms with Crippen molar-refractivity contribution in [1.82, 2.24) is 0 Å². The summed E-state index contributed by atoms with van der Waals surface area (Å²) in [5.41, 5.74) is 1.04. The molecule has 96 valence electrons. The van der Waals surface area contributed by atoms with Gasteiger partial charge in [0.15, 0.2) is 0 Å². The molecule has 2 heteroatoms. The van der Waals surface area contributed by atoms with Gasteiger partial charge in [0.2, 0.25) is 0 Å². The van der Waals surface area contributed by atoms with Crippen LogP contribution in [0.15, 0.2) is 30.3 Å². The van der Waals surface area contributed by atoms with Crippen LogP contribution in [-0.2, 0) is 3.82 Å². The molecule has 1 nitrogen and oxygen atoms in total. The molecular formula is C16H21OSe+. The number of fused-ring (bicyclic) bond motifs is 1. The van der Waals surface area contributed by atoms with Gasteiger partial charge >= 0.3 is 114 Å². The van der Waals surface area contributed by atoms with Crippen LogP contribution in [0.2, 0.25) is 5.32 Å². The van der Waals surface area contributed by atoms with Crippen molar-refractivity contribution >= 4 is 18.7 Å². The van der Waals surface area contributed by atoms with E-state index in [4.69, 9.17) is 3.82 Å². The zero-order valence-electron chi connectivity index (χ0n) is 11.2. The van der Waals surface area contributed by atoms with Gasteiger partial charge in [-0.3, -0.25) is 0 Å². The third-order valence-electron chi connectivity index (χ3n) is 5.98. The van der Waals surface area contributed by atoms with Crippen LogP contribution in [0.4, 0.5) is 0 Å². The second kappa shape index (κ2) is 3.62. The van der Waals surface area contributed by atoms with E-state index >= 15 is 0 Å². The fourth-order valence-corrected chi connectivity index (χ4v) is 9.88. The van der Waals surface area contributed by atoms with E-state index in [1.54, 1.807) is 0 Å². The predicted molar refractivity (Wildman–Crippen MR) is 75.1 cm³/mol. The Labute approximate surface area is 114 Å². The molecule has 1 heterocycles. The molecular weight excluding hydrogens is 287 g/mol. The zero-order chi connectivity index (χ0) is 12.4. The normalized spacial score (nSPS) is 44.2. The molecule has 2 saturated carbocycles. The molecule has 4 rings (SSSR count). The Kier molecular flexibility index (Phi) is 2.32. The van der Waals surface area contributed by atoms with Gasteiger partial charge in [0.1, 0.15) is 0 Å². The second-order valence-electron chi connectivity index (χ2n) is 6.74. The van der Waals surface area contributed by atoms with Crippen LogP contribution in [0.1, 0.15) is 33.1 Å². The summed E-state index contributed by atoms with van der Waals surface area (Å²) in [6.07, 6.45) is 4.78. The van der Waals surface area contributed by atoms with Crippen LogP contribution >= 0.6 is 0 Å². The average Bonchev–Trinajstić information content (AvgIpc) is 2.95. The molecule has 0 radical (unpaired) electrons. The Bertz CT molecular complexity index is 469. The van der Waals surface area contributed by atoms with E-state index in [0.717, 1.165) is 5.92 Å². The van der Waals surface area contributed by atoms with Gasteiger partial charge in [-0.1, -0.05) is 0 Å². The van der Waals surface area contributed by atoms with Crippen molar-refractivity contribution in [3.63, 3.8) is 0 Å². The van der Waals surface area contributed by atoms with Gasteiger partial charge in [0.25, 0.3) is 0 Å². The maximum absolute atomic E-state index is 6.56. The van der Waals surface area contributed by atoms with E-state index in [2.05, 4.69) is 44.2 Å². The molecule has 0 aromatic heterocycles. The summed E-state index contributed by atoms with van der Waals surface area (Å²) < 4.78 is 8.06. The molecule has 1 saturated heterocycles. The molecule has 1 unspecified atom stereocenters. The molecule has 1 aromatic rings. The molecule has 0 amide bonds. The molecule has 3 aliphatic rings. The van der Waals surface area contributed by atoms with Crippen molar-refractivity contribution in [3.8, 4) is 0 Å². The maximum atomic E-state index is 6.56. The molecule has 2 bridgehead atoms. The Morgan fingerprint density at radius 3 is 2.67 bits per heavy atom. The summed E-state index contributed by atoms with van der Waals surface area (Å²) in [5.74, 6) is 0.922. The van der Waals surface area contributed by atoms with E-state index in [1.807, 2.05) is 0 Å². The van der Waals surface area contributed by atoms with Crippen LogP contribution in [0.25, 0.3) is 0 Å². The number of hydrogen-bond donors (Lipinski definition) is 0. The Morgan fingerprint density at radius 1 is 1.22 bits per heavy atom. The van der Waals surface area contributed by atoms with E-state index in [1.165, 1.54) is 29.0 Å². The Morgan fingerprint density at radius 2 is 2.00 bits per heavy atom. The van der Waals surface area contributed by atoms with Gasteiger partial charge in [-0.05, 0) is 0 Å². The summed E-state index contributed by atoms with van der Waals surface area (Å²) in [7, 11) is 0. The zero-order valence-corrected chi connectivity index (χ0v) is 12.9. The second-order valence-corrected chi connectivity index (χ2v) is 10.2. The monoisotopic (exact) mass is 309 g/mol. The van der Waals surface area contributed by atoms with E-state index < -0.39 is 14.2 Å². The first kappa shape index (κ1) is 11.5. The topological polar surface area (TPSA) is 9.23 Å². The Balaban J connectivity index is 1.69. The van der Waals surface area contributed by atoms with Crippen LogP contribution in [-0.4, -0.2) is 20.3 Å². The minimum absolute atomic E-state index is 0.519. The fourth-order valence-electron chi connectivity index (χ4n) is 4.60. The number of benzene rings is 1. The standard InChI is InChI=1S/C16H21OSe/c1-15(2)12-8-9-16(15)11-18(17-14(16)10-12)13-6-4-3-5-7-13/h3-7,12,14H,8-11H2,1-2H3/q+1/t12-,14-,16-,18?/m1/s1. The van der Waals surface area contributed by atoms with E-state index in [0.29, 0.717) is 16.9 Å². The fraction of sp³-hybridized carbons (Fsp3) is 0.625. The van der Waals surface area contributed by atoms with Gasteiger partial charge in [-0.25, -0.2) is 0 Å². The predicted octanol–water partition coefficient (Wildman–Crippen LogP) is 3.11. The van der Waals surface area contributed by atoms with Crippen molar-refractivity contribution in [1.29, 1.82) is 0 Å². The first-order chi connectivity index (χ1) is 8.63. The quantitative estimate of drug-likeness (QED) is 0.724.